The van der Waals surface area contributed by atoms with Crippen molar-refractivity contribution >= 4 is 22.5 Å². The Morgan fingerprint density at radius 3 is 2.70 bits per heavy atom. The summed E-state index contributed by atoms with van der Waals surface area (Å²) < 4.78 is 1.57. The topological polar surface area (TPSA) is 60.9 Å². The van der Waals surface area contributed by atoms with Crippen LogP contribution < -0.4 is 11.3 Å². The maximum absolute atomic E-state index is 13.1. The molecule has 0 aliphatic rings. The van der Waals surface area contributed by atoms with Gasteiger partial charge in [0.25, 0.3) is 5.56 Å². The highest BCUT2D eigenvalue weighted by atomic mass is 35.5. The lowest BCUT2D eigenvalue weighted by molar-refractivity contribution is 0.696. The van der Waals surface area contributed by atoms with Crippen molar-refractivity contribution in [2.75, 3.05) is 0 Å². The van der Waals surface area contributed by atoms with Crippen molar-refractivity contribution in [3.05, 3.63) is 69.2 Å². The molecule has 23 heavy (non-hydrogen) atoms. The highest BCUT2D eigenvalue weighted by Gasteiger charge is 2.17. The molecule has 0 fully saturated rings. The van der Waals surface area contributed by atoms with E-state index >= 15 is 0 Å². The maximum atomic E-state index is 13.1. The van der Waals surface area contributed by atoms with E-state index in [1.54, 1.807) is 22.8 Å². The molecule has 0 aliphatic heterocycles. The summed E-state index contributed by atoms with van der Waals surface area (Å²) in [6.45, 7) is 3.89. The second-order valence-electron chi connectivity index (χ2n) is 5.56. The van der Waals surface area contributed by atoms with Crippen LogP contribution >= 0.6 is 11.6 Å². The van der Waals surface area contributed by atoms with Crippen LogP contribution in [0.4, 0.5) is 0 Å². The molecule has 0 spiro atoms. The quantitative estimate of drug-likeness (QED) is 0.799. The fourth-order valence-corrected chi connectivity index (χ4v) is 2.93. The maximum Gasteiger partial charge on any atom is 0.267 e. The lowest BCUT2D eigenvalue weighted by Gasteiger charge is -2.17. The van der Waals surface area contributed by atoms with Crippen LogP contribution in [0.25, 0.3) is 16.6 Å². The monoisotopic (exact) mass is 327 g/mol. The van der Waals surface area contributed by atoms with Crippen molar-refractivity contribution in [1.82, 2.24) is 9.55 Å². The number of nitrogens with two attached hydrogens (primary N) is 1. The molecule has 0 amide bonds. The molecule has 4 nitrogen and oxygen atoms in total. The summed E-state index contributed by atoms with van der Waals surface area (Å²) in [6, 6.07) is 12.7. The zero-order chi connectivity index (χ0) is 16.6. The van der Waals surface area contributed by atoms with E-state index in [1.165, 1.54) is 0 Å². The third kappa shape index (κ3) is 2.76. The standard InChI is InChI=1S/C18H18ClN3O/c1-3-12-6-4-7-13(10-12)22-17(11(2)20)21-15-9-5-8-14(19)16(15)18(22)23/h4-11H,3,20H2,1-2H3. The zero-order valence-electron chi connectivity index (χ0n) is 13.1. The number of rotatable bonds is 3. The van der Waals surface area contributed by atoms with Gasteiger partial charge in [-0.2, -0.15) is 0 Å². The Labute approximate surface area is 139 Å². The van der Waals surface area contributed by atoms with Gasteiger partial charge in [0, 0.05) is 0 Å². The Morgan fingerprint density at radius 1 is 1.26 bits per heavy atom. The third-order valence-corrected chi connectivity index (χ3v) is 4.17. The van der Waals surface area contributed by atoms with Crippen molar-refractivity contribution in [3.63, 3.8) is 0 Å². The van der Waals surface area contributed by atoms with E-state index in [4.69, 9.17) is 17.3 Å². The normalized spacial score (nSPS) is 12.5. The molecule has 1 unspecified atom stereocenters. The van der Waals surface area contributed by atoms with Crippen LogP contribution in [-0.4, -0.2) is 9.55 Å². The molecule has 1 heterocycles. The molecule has 1 aromatic heterocycles. The smallest absolute Gasteiger partial charge is 0.267 e. The fraction of sp³-hybridized carbons (Fsp3) is 0.222. The highest BCUT2D eigenvalue weighted by molar-refractivity contribution is 6.35. The number of aromatic nitrogens is 2. The first kappa shape index (κ1) is 15.7. The Kier molecular flexibility index (Phi) is 4.20. The van der Waals surface area contributed by atoms with Gasteiger partial charge in [-0.15, -0.1) is 0 Å². The summed E-state index contributed by atoms with van der Waals surface area (Å²) in [5.41, 5.74) is 8.34. The molecule has 2 aromatic carbocycles. The van der Waals surface area contributed by atoms with Crippen LogP contribution in [0.15, 0.2) is 47.3 Å². The van der Waals surface area contributed by atoms with Crippen molar-refractivity contribution < 1.29 is 0 Å². The van der Waals surface area contributed by atoms with E-state index in [0.717, 1.165) is 17.7 Å². The number of fused-ring (bicyclic) bond motifs is 1. The van der Waals surface area contributed by atoms with Gasteiger partial charge in [-0.1, -0.05) is 36.7 Å². The molecule has 0 aliphatic carbocycles. The molecule has 0 bridgehead atoms. The number of aryl methyl sites for hydroxylation is 1. The van der Waals surface area contributed by atoms with Crippen molar-refractivity contribution in [3.8, 4) is 5.69 Å². The molecular weight excluding hydrogens is 310 g/mol. The summed E-state index contributed by atoms with van der Waals surface area (Å²) in [5.74, 6) is 0.526. The number of benzene rings is 2. The van der Waals surface area contributed by atoms with E-state index in [1.807, 2.05) is 31.2 Å². The predicted molar refractivity (Wildman–Crippen MR) is 94.3 cm³/mol. The van der Waals surface area contributed by atoms with Gasteiger partial charge in [-0.05, 0) is 43.2 Å². The van der Waals surface area contributed by atoms with Gasteiger partial charge in [-0.25, -0.2) is 4.98 Å². The van der Waals surface area contributed by atoms with Crippen molar-refractivity contribution in [1.29, 1.82) is 0 Å². The van der Waals surface area contributed by atoms with Crippen LogP contribution in [0.5, 0.6) is 0 Å². The van der Waals surface area contributed by atoms with Crippen LogP contribution in [0.3, 0.4) is 0 Å². The largest absolute Gasteiger partial charge is 0.322 e. The molecule has 3 rings (SSSR count). The molecule has 118 valence electrons. The van der Waals surface area contributed by atoms with E-state index in [2.05, 4.69) is 11.9 Å². The summed E-state index contributed by atoms with van der Waals surface area (Å²) in [5, 5.41) is 0.817. The Balaban J connectivity index is 2.42. The second-order valence-corrected chi connectivity index (χ2v) is 5.96. The van der Waals surface area contributed by atoms with Crippen molar-refractivity contribution in [2.24, 2.45) is 5.73 Å². The van der Waals surface area contributed by atoms with E-state index in [0.29, 0.717) is 21.7 Å². The van der Waals surface area contributed by atoms with E-state index in [-0.39, 0.29) is 11.6 Å². The molecule has 5 heteroatoms. The summed E-state index contributed by atoms with van der Waals surface area (Å²) in [7, 11) is 0. The first-order valence-corrected chi connectivity index (χ1v) is 7.96. The van der Waals surface area contributed by atoms with Gasteiger partial charge in [0.1, 0.15) is 5.82 Å². The number of hydrogen-bond donors (Lipinski definition) is 1. The molecule has 0 saturated carbocycles. The minimum Gasteiger partial charge on any atom is -0.322 e. The minimum atomic E-state index is -0.378. The van der Waals surface area contributed by atoms with Crippen molar-refractivity contribution in [2.45, 2.75) is 26.3 Å². The van der Waals surface area contributed by atoms with Gasteiger partial charge in [-0.3, -0.25) is 9.36 Å². The van der Waals surface area contributed by atoms with Gasteiger partial charge in [0.15, 0.2) is 0 Å². The molecule has 1 atom stereocenters. The van der Waals surface area contributed by atoms with E-state index in [9.17, 15) is 4.79 Å². The average Bonchev–Trinajstić information content (AvgIpc) is 2.54. The number of hydrogen-bond acceptors (Lipinski definition) is 3. The lowest BCUT2D eigenvalue weighted by atomic mass is 10.1. The van der Waals surface area contributed by atoms with Gasteiger partial charge < -0.3 is 5.73 Å². The fourth-order valence-electron chi connectivity index (χ4n) is 2.68. The molecular formula is C18H18ClN3O. The molecule has 3 aromatic rings. The number of nitrogens with zero attached hydrogens (tertiary/aromatic N) is 2. The van der Waals surface area contributed by atoms with Crippen LogP contribution in [-0.2, 0) is 6.42 Å². The summed E-state index contributed by atoms with van der Waals surface area (Å²) in [4.78, 5) is 17.6. The molecule has 2 N–H and O–H groups in total. The average molecular weight is 328 g/mol. The molecule has 0 radical (unpaired) electrons. The van der Waals surface area contributed by atoms with Gasteiger partial charge in [0.05, 0.1) is 27.7 Å². The Hall–Kier alpha value is -2.17. The first-order chi connectivity index (χ1) is 11.0. The zero-order valence-corrected chi connectivity index (χ0v) is 13.8. The second kappa shape index (κ2) is 6.14. The first-order valence-electron chi connectivity index (χ1n) is 7.59. The summed E-state index contributed by atoms with van der Waals surface area (Å²) in [6.07, 6.45) is 0.887. The highest BCUT2D eigenvalue weighted by Crippen LogP contribution is 2.22. The number of halogens is 1. The lowest BCUT2D eigenvalue weighted by Crippen LogP contribution is -2.27. The van der Waals surface area contributed by atoms with Gasteiger partial charge >= 0.3 is 0 Å². The Bertz CT molecular complexity index is 931. The van der Waals surface area contributed by atoms with Crippen LogP contribution in [0.2, 0.25) is 5.02 Å². The minimum absolute atomic E-state index is 0.193. The summed E-state index contributed by atoms with van der Waals surface area (Å²) >= 11 is 6.23. The predicted octanol–water partition coefficient (Wildman–Crippen LogP) is 3.62. The van der Waals surface area contributed by atoms with Crippen LogP contribution in [0.1, 0.15) is 31.3 Å². The SMILES string of the molecule is CCc1cccc(-n2c(C(C)N)nc3cccc(Cl)c3c2=O)c1. The Morgan fingerprint density at radius 2 is 2.00 bits per heavy atom. The van der Waals surface area contributed by atoms with Crippen LogP contribution in [0, 0.1) is 0 Å². The van der Waals surface area contributed by atoms with Gasteiger partial charge in [0.2, 0.25) is 0 Å². The molecule has 0 saturated heterocycles. The third-order valence-electron chi connectivity index (χ3n) is 3.86. The van der Waals surface area contributed by atoms with E-state index < -0.39 is 0 Å².